The summed E-state index contributed by atoms with van der Waals surface area (Å²) >= 11 is 0. The average Bonchev–Trinajstić information content (AvgIpc) is 2.71. The van der Waals surface area contributed by atoms with Crippen molar-refractivity contribution in [3.63, 3.8) is 0 Å². The molecular formula is C11H6N4O3. The summed E-state index contributed by atoms with van der Waals surface area (Å²) in [5.74, 6) is -0.848. The van der Waals surface area contributed by atoms with Crippen LogP contribution in [0.25, 0.3) is 16.7 Å². The number of fused-ring (bicyclic) bond motifs is 3. The molecule has 3 aromatic rings. The SMILES string of the molecule is Cc1ccc2c(c1)[n+]([O-])c(C#N)c1nc(=O)on12. The van der Waals surface area contributed by atoms with E-state index in [4.69, 9.17) is 9.78 Å². The lowest BCUT2D eigenvalue weighted by atomic mass is 10.2. The van der Waals surface area contributed by atoms with E-state index in [2.05, 4.69) is 4.98 Å². The maximum absolute atomic E-state index is 12.0. The molecule has 0 saturated carbocycles. The maximum atomic E-state index is 12.0. The second-order valence-electron chi connectivity index (χ2n) is 3.83. The lowest BCUT2D eigenvalue weighted by Gasteiger charge is -2.04. The molecule has 88 valence electrons. The van der Waals surface area contributed by atoms with E-state index >= 15 is 0 Å². The number of aromatic nitrogens is 3. The number of aryl methyl sites for hydroxylation is 1. The Morgan fingerprint density at radius 3 is 3.06 bits per heavy atom. The molecule has 0 aliphatic heterocycles. The third kappa shape index (κ3) is 1.20. The molecule has 0 unspecified atom stereocenters. The predicted molar refractivity (Wildman–Crippen MR) is 59.6 cm³/mol. The molecule has 18 heavy (non-hydrogen) atoms. The van der Waals surface area contributed by atoms with Gasteiger partial charge in [0.15, 0.2) is 11.6 Å². The zero-order valence-corrected chi connectivity index (χ0v) is 9.25. The van der Waals surface area contributed by atoms with Crippen LogP contribution in [0.1, 0.15) is 11.3 Å². The van der Waals surface area contributed by atoms with Crippen molar-refractivity contribution in [2.24, 2.45) is 0 Å². The van der Waals surface area contributed by atoms with Crippen LogP contribution >= 0.6 is 0 Å². The highest BCUT2D eigenvalue weighted by Gasteiger charge is 2.21. The highest BCUT2D eigenvalue weighted by Crippen LogP contribution is 2.15. The van der Waals surface area contributed by atoms with Gasteiger partial charge in [-0.2, -0.15) is 9.99 Å². The summed E-state index contributed by atoms with van der Waals surface area (Å²) in [5.41, 5.74) is 1.16. The summed E-state index contributed by atoms with van der Waals surface area (Å²) in [7, 11) is 0. The Kier molecular flexibility index (Phi) is 1.89. The number of rotatable bonds is 0. The van der Waals surface area contributed by atoms with Crippen LogP contribution in [0.5, 0.6) is 0 Å². The minimum absolute atomic E-state index is 0.0751. The minimum atomic E-state index is -0.848. The Morgan fingerprint density at radius 1 is 1.56 bits per heavy atom. The Morgan fingerprint density at radius 2 is 2.33 bits per heavy atom. The minimum Gasteiger partial charge on any atom is -0.617 e. The Balaban J connectivity index is 2.70. The van der Waals surface area contributed by atoms with Crippen LogP contribution < -0.4 is 10.5 Å². The first-order chi connectivity index (χ1) is 8.61. The molecule has 0 spiro atoms. The molecule has 7 heteroatoms. The molecule has 0 N–H and O–H groups in total. The zero-order valence-electron chi connectivity index (χ0n) is 9.25. The van der Waals surface area contributed by atoms with Crippen LogP contribution in [0.2, 0.25) is 0 Å². The summed E-state index contributed by atoms with van der Waals surface area (Å²) < 4.78 is 6.42. The van der Waals surface area contributed by atoms with E-state index in [1.54, 1.807) is 24.3 Å². The molecule has 0 atom stereocenters. The second kappa shape index (κ2) is 3.30. The van der Waals surface area contributed by atoms with Crippen LogP contribution in [0.15, 0.2) is 27.5 Å². The predicted octanol–water partition coefficient (Wildman–Crippen LogP) is 0.254. The van der Waals surface area contributed by atoms with Gasteiger partial charge in [-0.1, -0.05) is 6.07 Å². The van der Waals surface area contributed by atoms with Crippen LogP contribution in [0.4, 0.5) is 0 Å². The molecule has 2 heterocycles. The first kappa shape index (κ1) is 10.3. The zero-order chi connectivity index (χ0) is 12.9. The molecule has 7 nitrogen and oxygen atoms in total. The van der Waals surface area contributed by atoms with Crippen LogP contribution in [-0.2, 0) is 0 Å². The normalized spacial score (nSPS) is 10.9. The molecule has 0 radical (unpaired) electrons. The topological polar surface area (TPSA) is 98.2 Å². The van der Waals surface area contributed by atoms with Crippen molar-refractivity contribution in [1.82, 2.24) is 9.56 Å². The number of benzene rings is 1. The number of nitriles is 1. The van der Waals surface area contributed by atoms with Gasteiger partial charge in [-0.25, -0.2) is 4.79 Å². The average molecular weight is 242 g/mol. The van der Waals surface area contributed by atoms with E-state index in [-0.39, 0.29) is 16.9 Å². The Hall–Kier alpha value is -2.88. The van der Waals surface area contributed by atoms with Gasteiger partial charge in [0.1, 0.15) is 0 Å². The van der Waals surface area contributed by atoms with Gasteiger partial charge in [0.25, 0.3) is 5.65 Å². The molecule has 3 rings (SSSR count). The number of hydrogen-bond donors (Lipinski definition) is 0. The van der Waals surface area contributed by atoms with Crippen molar-refractivity contribution in [2.75, 3.05) is 0 Å². The fourth-order valence-corrected chi connectivity index (χ4v) is 1.86. The highest BCUT2D eigenvalue weighted by atomic mass is 16.5. The van der Waals surface area contributed by atoms with E-state index in [0.29, 0.717) is 10.2 Å². The van der Waals surface area contributed by atoms with Gasteiger partial charge >= 0.3 is 11.4 Å². The van der Waals surface area contributed by atoms with Crippen molar-refractivity contribution in [3.8, 4) is 6.07 Å². The van der Waals surface area contributed by atoms with E-state index in [1.165, 1.54) is 0 Å². The molecule has 0 fully saturated rings. The largest absolute Gasteiger partial charge is 0.617 e. The molecule has 1 aromatic carbocycles. The van der Waals surface area contributed by atoms with Crippen LogP contribution in [-0.4, -0.2) is 9.56 Å². The molecule has 0 bridgehead atoms. The van der Waals surface area contributed by atoms with Crippen molar-refractivity contribution < 1.29 is 9.25 Å². The third-order valence-electron chi connectivity index (χ3n) is 2.65. The summed E-state index contributed by atoms with van der Waals surface area (Å²) in [5, 5.41) is 21.0. The monoisotopic (exact) mass is 242 g/mol. The van der Waals surface area contributed by atoms with E-state index in [9.17, 15) is 10.0 Å². The van der Waals surface area contributed by atoms with Gasteiger partial charge in [-0.15, -0.1) is 9.56 Å². The fourth-order valence-electron chi connectivity index (χ4n) is 1.86. The van der Waals surface area contributed by atoms with E-state index in [1.807, 2.05) is 6.92 Å². The van der Waals surface area contributed by atoms with E-state index < -0.39 is 5.76 Å². The smallest absolute Gasteiger partial charge is 0.460 e. The van der Waals surface area contributed by atoms with Crippen molar-refractivity contribution in [1.29, 1.82) is 5.26 Å². The first-order valence-electron chi connectivity index (χ1n) is 5.08. The number of nitrogens with zero attached hydrogens (tertiary/aromatic N) is 4. The van der Waals surface area contributed by atoms with E-state index in [0.717, 1.165) is 10.1 Å². The summed E-state index contributed by atoms with van der Waals surface area (Å²) in [6.07, 6.45) is 0. The Labute approximate surface area is 99.7 Å². The van der Waals surface area contributed by atoms with Gasteiger partial charge in [0.05, 0.1) is 0 Å². The highest BCUT2D eigenvalue weighted by molar-refractivity contribution is 5.75. The quantitative estimate of drug-likeness (QED) is 0.415. The van der Waals surface area contributed by atoms with Gasteiger partial charge in [0, 0.05) is 6.07 Å². The lowest BCUT2D eigenvalue weighted by Crippen LogP contribution is -2.33. The molecule has 0 aliphatic rings. The number of hydrogen-bond acceptors (Lipinski definition) is 5. The maximum Gasteiger partial charge on any atom is 0.460 e. The van der Waals surface area contributed by atoms with Crippen LogP contribution in [0, 0.1) is 23.5 Å². The van der Waals surface area contributed by atoms with Gasteiger partial charge in [-0.05, 0) is 18.6 Å². The molecule has 0 aliphatic carbocycles. The molecule has 0 amide bonds. The third-order valence-corrected chi connectivity index (χ3v) is 2.65. The van der Waals surface area contributed by atoms with Crippen molar-refractivity contribution in [2.45, 2.75) is 6.92 Å². The summed E-state index contributed by atoms with van der Waals surface area (Å²) in [6.45, 7) is 1.82. The Bertz CT molecular complexity index is 885. The molecule has 2 aromatic heterocycles. The summed E-state index contributed by atoms with van der Waals surface area (Å²) in [6, 6.07) is 6.75. The standard InChI is InChI=1S/C11H6N4O3/c1-6-2-3-7-8(4-6)14(17)9(5-12)10-13-11(16)18-15(7)10/h2-4H,1H3. The molecule has 0 saturated heterocycles. The van der Waals surface area contributed by atoms with Gasteiger partial charge < -0.3 is 9.73 Å². The first-order valence-corrected chi connectivity index (χ1v) is 5.08. The second-order valence-corrected chi connectivity index (χ2v) is 3.83. The lowest BCUT2D eigenvalue weighted by molar-refractivity contribution is -0.579. The van der Waals surface area contributed by atoms with Gasteiger partial charge in [0.2, 0.25) is 5.52 Å². The fraction of sp³-hybridized carbons (Fsp3) is 0.0909. The summed E-state index contributed by atoms with van der Waals surface area (Å²) in [4.78, 5) is 14.7. The molecular weight excluding hydrogens is 236 g/mol. The van der Waals surface area contributed by atoms with Crippen molar-refractivity contribution >= 4 is 16.7 Å². The van der Waals surface area contributed by atoms with Crippen LogP contribution in [0.3, 0.4) is 0 Å². The van der Waals surface area contributed by atoms with Gasteiger partial charge in [-0.3, -0.25) is 0 Å². The van der Waals surface area contributed by atoms with Crippen molar-refractivity contribution in [3.05, 3.63) is 45.2 Å².